The van der Waals surface area contributed by atoms with Gasteiger partial charge >= 0.3 is 23.9 Å². The standard InChI is InChI=1S/C44H24O8/c45-41-33-21-17-25-9-1-5-13-29(25)37(33)49-42(46)34-22-18-26-10-2-6-14-30(26)38(34)51-44(48)36-24-20-28-12-4-8-16-32(28)40(36)52-43(47)35-23-19-27-11-3-7-15-31(27)39(35)50-41/h1-24H. The Morgan fingerprint density at radius 1 is 0.250 bits per heavy atom. The zero-order valence-electron chi connectivity index (χ0n) is 27.1. The molecule has 248 valence electrons. The third-order valence-electron chi connectivity index (χ3n) is 9.18. The number of carbonyl (C=O) groups is 4. The molecule has 8 aromatic carbocycles. The first-order chi connectivity index (χ1) is 25.4. The Labute approximate surface area is 295 Å². The van der Waals surface area contributed by atoms with Crippen LogP contribution in [0.3, 0.4) is 0 Å². The monoisotopic (exact) mass is 680 g/mol. The van der Waals surface area contributed by atoms with E-state index in [2.05, 4.69) is 0 Å². The first kappa shape index (κ1) is 30.7. The Bertz CT molecular complexity index is 2450. The van der Waals surface area contributed by atoms with E-state index >= 15 is 0 Å². The minimum atomic E-state index is -0.873. The Morgan fingerprint density at radius 2 is 0.462 bits per heavy atom. The molecule has 9 rings (SSSR count). The van der Waals surface area contributed by atoms with Gasteiger partial charge in [0, 0.05) is 21.5 Å². The fourth-order valence-corrected chi connectivity index (χ4v) is 6.65. The van der Waals surface area contributed by atoms with Crippen LogP contribution in [0.4, 0.5) is 0 Å². The molecule has 0 aliphatic carbocycles. The molecule has 8 heteroatoms. The van der Waals surface area contributed by atoms with E-state index in [0.29, 0.717) is 43.1 Å². The molecule has 0 fully saturated rings. The Kier molecular flexibility index (Phi) is 7.22. The van der Waals surface area contributed by atoms with Gasteiger partial charge in [-0.05, 0) is 45.8 Å². The van der Waals surface area contributed by atoms with Crippen molar-refractivity contribution in [2.45, 2.75) is 0 Å². The van der Waals surface area contributed by atoms with Crippen LogP contribution in [0.15, 0.2) is 146 Å². The molecule has 8 nitrogen and oxygen atoms in total. The van der Waals surface area contributed by atoms with Gasteiger partial charge in [0.2, 0.25) is 0 Å². The second-order valence-corrected chi connectivity index (χ2v) is 12.2. The summed E-state index contributed by atoms with van der Waals surface area (Å²) in [6.07, 6.45) is 0. The fraction of sp³-hybridized carbons (Fsp3) is 0. The smallest absolute Gasteiger partial charge is 0.347 e. The Balaban J connectivity index is 1.32. The van der Waals surface area contributed by atoms with Crippen molar-refractivity contribution in [1.29, 1.82) is 0 Å². The van der Waals surface area contributed by atoms with Crippen molar-refractivity contribution in [3.8, 4) is 23.0 Å². The van der Waals surface area contributed by atoms with Gasteiger partial charge in [0.1, 0.15) is 22.3 Å². The van der Waals surface area contributed by atoms with Crippen molar-refractivity contribution in [2.24, 2.45) is 0 Å². The maximum Gasteiger partial charge on any atom is 0.347 e. The highest BCUT2D eigenvalue weighted by atomic mass is 16.6. The van der Waals surface area contributed by atoms with Gasteiger partial charge in [-0.2, -0.15) is 0 Å². The maximum atomic E-state index is 14.3. The summed E-state index contributed by atoms with van der Waals surface area (Å²) in [6.45, 7) is 0. The van der Waals surface area contributed by atoms with Crippen LogP contribution in [0.2, 0.25) is 0 Å². The molecule has 0 aromatic heterocycles. The number of ether oxygens (including phenoxy) is 4. The van der Waals surface area contributed by atoms with Crippen LogP contribution in [0.1, 0.15) is 41.4 Å². The van der Waals surface area contributed by atoms with E-state index in [-0.39, 0.29) is 45.3 Å². The highest BCUT2D eigenvalue weighted by Crippen LogP contribution is 2.39. The van der Waals surface area contributed by atoms with E-state index in [4.69, 9.17) is 18.9 Å². The zero-order valence-corrected chi connectivity index (χ0v) is 27.1. The van der Waals surface area contributed by atoms with Crippen LogP contribution in [0.5, 0.6) is 23.0 Å². The van der Waals surface area contributed by atoms with E-state index in [9.17, 15) is 19.2 Å². The van der Waals surface area contributed by atoms with Crippen molar-refractivity contribution >= 4 is 67.0 Å². The molecule has 0 spiro atoms. The van der Waals surface area contributed by atoms with E-state index in [0.717, 1.165) is 0 Å². The van der Waals surface area contributed by atoms with Gasteiger partial charge in [0.05, 0.1) is 0 Å². The molecule has 0 radical (unpaired) electrons. The first-order valence-corrected chi connectivity index (χ1v) is 16.4. The molecule has 0 saturated heterocycles. The lowest BCUT2D eigenvalue weighted by Crippen LogP contribution is -2.20. The number of benzene rings is 8. The van der Waals surface area contributed by atoms with Crippen molar-refractivity contribution in [3.63, 3.8) is 0 Å². The van der Waals surface area contributed by atoms with E-state index in [1.54, 1.807) is 72.8 Å². The van der Waals surface area contributed by atoms with Gasteiger partial charge in [-0.3, -0.25) is 0 Å². The maximum absolute atomic E-state index is 14.3. The lowest BCUT2D eigenvalue weighted by atomic mass is 10.0. The summed E-state index contributed by atoms with van der Waals surface area (Å²) in [5, 5.41) is 4.63. The molecule has 1 heterocycles. The lowest BCUT2D eigenvalue weighted by molar-refractivity contribution is 0.0691. The van der Waals surface area contributed by atoms with Gasteiger partial charge < -0.3 is 18.9 Å². The highest BCUT2D eigenvalue weighted by Gasteiger charge is 2.30. The van der Waals surface area contributed by atoms with Gasteiger partial charge in [-0.15, -0.1) is 0 Å². The number of hydrogen-bond donors (Lipinski definition) is 0. The number of hydrogen-bond acceptors (Lipinski definition) is 8. The second-order valence-electron chi connectivity index (χ2n) is 12.2. The van der Waals surface area contributed by atoms with Crippen LogP contribution in [0, 0.1) is 0 Å². The zero-order chi connectivity index (χ0) is 35.3. The summed E-state index contributed by atoms with van der Waals surface area (Å²) < 4.78 is 24.4. The number of esters is 4. The van der Waals surface area contributed by atoms with Crippen molar-refractivity contribution in [2.75, 3.05) is 0 Å². The molecule has 52 heavy (non-hydrogen) atoms. The van der Waals surface area contributed by atoms with E-state index < -0.39 is 23.9 Å². The predicted molar refractivity (Wildman–Crippen MR) is 196 cm³/mol. The molecule has 0 N–H and O–H groups in total. The molecule has 8 aromatic rings. The van der Waals surface area contributed by atoms with Crippen LogP contribution in [-0.2, 0) is 0 Å². The molecular weight excluding hydrogens is 656 g/mol. The van der Waals surface area contributed by atoms with Gasteiger partial charge in [-0.25, -0.2) is 19.2 Å². The molecule has 0 saturated carbocycles. The molecule has 0 amide bonds. The van der Waals surface area contributed by atoms with Gasteiger partial charge in [0.25, 0.3) is 0 Å². The summed E-state index contributed by atoms with van der Waals surface area (Å²) in [5.41, 5.74) is -0.270. The van der Waals surface area contributed by atoms with Crippen molar-refractivity contribution in [3.05, 3.63) is 168 Å². The third-order valence-corrected chi connectivity index (χ3v) is 9.18. The van der Waals surface area contributed by atoms with Crippen molar-refractivity contribution < 1.29 is 38.1 Å². The molecular formula is C44H24O8. The van der Waals surface area contributed by atoms with Crippen LogP contribution >= 0.6 is 0 Å². The lowest BCUT2D eigenvalue weighted by Gasteiger charge is -2.19. The molecule has 1 aliphatic rings. The largest absolute Gasteiger partial charge is 0.421 e. The van der Waals surface area contributed by atoms with Crippen LogP contribution in [-0.4, -0.2) is 23.9 Å². The minimum Gasteiger partial charge on any atom is -0.421 e. The average Bonchev–Trinajstić information content (AvgIpc) is 3.17. The topological polar surface area (TPSA) is 105 Å². The first-order valence-electron chi connectivity index (χ1n) is 16.4. The van der Waals surface area contributed by atoms with Crippen molar-refractivity contribution in [1.82, 2.24) is 0 Å². The second kappa shape index (κ2) is 12.2. The Morgan fingerprint density at radius 3 is 0.692 bits per heavy atom. The molecule has 0 unspecified atom stereocenters. The number of rotatable bonds is 0. The molecule has 0 bridgehead atoms. The number of fused-ring (bicyclic) bond motifs is 12. The van der Waals surface area contributed by atoms with Gasteiger partial charge in [-0.1, -0.05) is 121 Å². The summed E-state index contributed by atoms with van der Waals surface area (Å²) in [7, 11) is 0. The SMILES string of the molecule is O=C1Oc2c(ccc3ccccc23)C(=O)Oc2c(ccc3ccccc23)C(=O)Oc2c(ccc3ccccc23)C(=O)Oc2c1ccc1ccccc21. The summed E-state index contributed by atoms with van der Waals surface area (Å²) >= 11 is 0. The van der Waals surface area contributed by atoms with Crippen LogP contribution < -0.4 is 18.9 Å². The summed E-state index contributed by atoms with van der Waals surface area (Å²) in [6, 6.07) is 41.3. The summed E-state index contributed by atoms with van der Waals surface area (Å²) in [4.78, 5) is 57.1. The molecule has 0 atom stereocenters. The average molecular weight is 681 g/mol. The van der Waals surface area contributed by atoms with Gasteiger partial charge in [0.15, 0.2) is 23.0 Å². The minimum absolute atomic E-state index is 0.0631. The van der Waals surface area contributed by atoms with Crippen LogP contribution in [0.25, 0.3) is 43.1 Å². The highest BCUT2D eigenvalue weighted by molar-refractivity contribution is 6.11. The normalized spacial score (nSPS) is 13.4. The summed E-state index contributed by atoms with van der Waals surface area (Å²) in [5.74, 6) is -3.74. The fourth-order valence-electron chi connectivity index (χ4n) is 6.65. The Hall–Kier alpha value is -7.32. The number of carbonyl (C=O) groups excluding carboxylic acids is 4. The van der Waals surface area contributed by atoms with E-state index in [1.165, 1.54) is 24.3 Å². The molecule has 1 aliphatic heterocycles. The van der Waals surface area contributed by atoms with E-state index in [1.807, 2.05) is 48.5 Å². The third kappa shape index (κ3) is 5.09. The predicted octanol–water partition coefficient (Wildman–Crippen LogP) is 9.49. The quantitative estimate of drug-likeness (QED) is 0.115.